The minimum absolute atomic E-state index is 0.243. The van der Waals surface area contributed by atoms with E-state index in [-0.39, 0.29) is 5.91 Å². The highest BCUT2D eigenvalue weighted by atomic mass is 35.5. The number of fused-ring (bicyclic) bond motifs is 1. The molecule has 5 aromatic rings. The molecule has 0 fully saturated rings. The lowest BCUT2D eigenvalue weighted by Crippen LogP contribution is -2.23. The number of imidazole rings is 2. The van der Waals surface area contributed by atoms with Crippen molar-refractivity contribution < 1.29 is 4.79 Å². The highest BCUT2D eigenvalue weighted by Crippen LogP contribution is 2.22. The van der Waals surface area contributed by atoms with Crippen LogP contribution in [0.25, 0.3) is 17.0 Å². The first-order chi connectivity index (χ1) is 15.6. The fraction of sp³-hybridized carbons (Fsp3) is 0.130. The van der Waals surface area contributed by atoms with Gasteiger partial charge >= 0.3 is 0 Å². The summed E-state index contributed by atoms with van der Waals surface area (Å²) in [4.78, 5) is 26.6. The first kappa shape index (κ1) is 20.4. The first-order valence-electron chi connectivity index (χ1n) is 10.00. The topological polar surface area (TPSA) is 77.1 Å². The molecule has 0 spiro atoms. The Morgan fingerprint density at radius 2 is 2.00 bits per heavy atom. The van der Waals surface area contributed by atoms with Gasteiger partial charge in [0.2, 0.25) is 0 Å². The van der Waals surface area contributed by atoms with Crippen molar-refractivity contribution in [3.63, 3.8) is 0 Å². The third-order valence-corrected chi connectivity index (χ3v) is 6.08. The van der Waals surface area contributed by atoms with Gasteiger partial charge in [0, 0.05) is 29.3 Å². The maximum Gasteiger partial charge on any atom is 0.272 e. The van der Waals surface area contributed by atoms with Gasteiger partial charge in [-0.05, 0) is 36.8 Å². The highest BCUT2D eigenvalue weighted by Gasteiger charge is 2.19. The van der Waals surface area contributed by atoms with Crippen molar-refractivity contribution in [2.75, 3.05) is 0 Å². The molecule has 0 saturated heterocycles. The SMILES string of the molecule is Cc1nc(Cn2cnc(-c3nc(C(=O)NCc4ccc(Cl)cc4)c4ccccn34)c2)cs1. The molecule has 0 saturated carbocycles. The number of benzene rings is 1. The molecule has 0 aliphatic heterocycles. The number of carbonyl (C=O) groups is 1. The quantitative estimate of drug-likeness (QED) is 0.400. The van der Waals surface area contributed by atoms with Crippen LogP contribution in [0.1, 0.15) is 26.8 Å². The van der Waals surface area contributed by atoms with Crippen molar-refractivity contribution in [1.29, 1.82) is 0 Å². The van der Waals surface area contributed by atoms with E-state index in [9.17, 15) is 4.79 Å². The summed E-state index contributed by atoms with van der Waals surface area (Å²) in [6.45, 7) is 3.01. The predicted octanol–water partition coefficient (Wildman–Crippen LogP) is 4.59. The number of hydrogen-bond acceptors (Lipinski definition) is 5. The smallest absolute Gasteiger partial charge is 0.272 e. The van der Waals surface area contributed by atoms with Crippen LogP contribution < -0.4 is 5.32 Å². The van der Waals surface area contributed by atoms with Crippen LogP contribution in [-0.2, 0) is 13.1 Å². The van der Waals surface area contributed by atoms with E-state index in [4.69, 9.17) is 11.6 Å². The van der Waals surface area contributed by atoms with E-state index >= 15 is 0 Å². The normalized spacial score (nSPS) is 11.2. The Balaban J connectivity index is 1.41. The summed E-state index contributed by atoms with van der Waals surface area (Å²) in [5.74, 6) is 0.373. The summed E-state index contributed by atoms with van der Waals surface area (Å²) in [6, 6.07) is 13.0. The number of carbonyl (C=O) groups excluding carboxylic acids is 1. The fourth-order valence-corrected chi connectivity index (χ4v) is 4.21. The van der Waals surface area contributed by atoms with Crippen LogP contribution in [0.2, 0.25) is 5.02 Å². The van der Waals surface area contributed by atoms with Crippen molar-refractivity contribution in [2.24, 2.45) is 0 Å². The zero-order valence-corrected chi connectivity index (χ0v) is 18.8. The summed E-state index contributed by atoms with van der Waals surface area (Å²) in [5, 5.41) is 6.68. The molecular weight excluding hydrogens is 444 g/mol. The molecule has 0 aliphatic carbocycles. The van der Waals surface area contributed by atoms with Crippen LogP contribution in [0.3, 0.4) is 0 Å². The van der Waals surface area contributed by atoms with Gasteiger partial charge in [-0.15, -0.1) is 11.3 Å². The Kier molecular flexibility index (Phi) is 5.46. The molecule has 1 amide bonds. The minimum Gasteiger partial charge on any atom is -0.347 e. The molecule has 160 valence electrons. The van der Waals surface area contributed by atoms with Gasteiger partial charge in [0.25, 0.3) is 5.91 Å². The number of amides is 1. The lowest BCUT2D eigenvalue weighted by atomic mass is 10.2. The van der Waals surface area contributed by atoms with Gasteiger partial charge in [0.15, 0.2) is 11.5 Å². The van der Waals surface area contributed by atoms with Gasteiger partial charge in [-0.25, -0.2) is 15.0 Å². The van der Waals surface area contributed by atoms with Crippen molar-refractivity contribution in [3.05, 3.63) is 93.5 Å². The van der Waals surface area contributed by atoms with Gasteiger partial charge in [-0.1, -0.05) is 29.8 Å². The molecular formula is C23H19ClN6OS. The molecule has 1 aromatic carbocycles. The number of nitrogens with one attached hydrogen (secondary N) is 1. The molecule has 0 radical (unpaired) electrons. The van der Waals surface area contributed by atoms with E-state index < -0.39 is 0 Å². The monoisotopic (exact) mass is 462 g/mol. The number of pyridine rings is 1. The third kappa shape index (κ3) is 4.15. The number of nitrogens with zero attached hydrogens (tertiary/aromatic N) is 5. The maximum absolute atomic E-state index is 12.9. The molecule has 1 N–H and O–H groups in total. The summed E-state index contributed by atoms with van der Waals surface area (Å²) in [5.41, 5.74) is 3.73. The average molecular weight is 463 g/mol. The molecule has 32 heavy (non-hydrogen) atoms. The number of aryl methyl sites for hydroxylation is 1. The third-order valence-electron chi connectivity index (χ3n) is 5.00. The van der Waals surface area contributed by atoms with Crippen LogP contribution in [-0.4, -0.2) is 29.8 Å². The highest BCUT2D eigenvalue weighted by molar-refractivity contribution is 7.09. The predicted molar refractivity (Wildman–Crippen MR) is 125 cm³/mol. The van der Waals surface area contributed by atoms with E-state index in [1.807, 2.05) is 64.0 Å². The van der Waals surface area contributed by atoms with Gasteiger partial charge in [0.1, 0.15) is 5.69 Å². The molecule has 7 nitrogen and oxygen atoms in total. The first-order valence-corrected chi connectivity index (χ1v) is 11.3. The van der Waals surface area contributed by atoms with Gasteiger partial charge < -0.3 is 9.88 Å². The molecule has 4 heterocycles. The van der Waals surface area contributed by atoms with Crippen LogP contribution >= 0.6 is 22.9 Å². The fourth-order valence-electron chi connectivity index (χ4n) is 3.48. The average Bonchev–Trinajstić information content (AvgIpc) is 3.52. The molecule has 0 bridgehead atoms. The maximum atomic E-state index is 12.9. The summed E-state index contributed by atoms with van der Waals surface area (Å²) in [7, 11) is 0. The Labute approximate surface area is 193 Å². The second-order valence-electron chi connectivity index (χ2n) is 7.34. The van der Waals surface area contributed by atoms with E-state index in [1.165, 1.54) is 0 Å². The van der Waals surface area contributed by atoms with Crippen LogP contribution in [0.15, 0.2) is 66.6 Å². The molecule has 5 rings (SSSR count). The van der Waals surface area contributed by atoms with E-state index in [1.54, 1.807) is 29.8 Å². The zero-order valence-electron chi connectivity index (χ0n) is 17.2. The molecule has 0 aliphatic rings. The van der Waals surface area contributed by atoms with Crippen LogP contribution in [0.4, 0.5) is 0 Å². The summed E-state index contributed by atoms with van der Waals surface area (Å²) in [6.07, 6.45) is 5.57. The lowest BCUT2D eigenvalue weighted by molar-refractivity contribution is 0.0948. The molecule has 0 unspecified atom stereocenters. The van der Waals surface area contributed by atoms with Crippen molar-refractivity contribution in [1.82, 2.24) is 29.2 Å². The Bertz CT molecular complexity index is 1400. The molecule has 4 aromatic heterocycles. The van der Waals surface area contributed by atoms with E-state index in [2.05, 4.69) is 20.3 Å². The lowest BCUT2D eigenvalue weighted by Gasteiger charge is -2.04. The number of hydrogen-bond donors (Lipinski definition) is 1. The van der Waals surface area contributed by atoms with E-state index in [0.29, 0.717) is 35.3 Å². The van der Waals surface area contributed by atoms with E-state index in [0.717, 1.165) is 21.8 Å². The summed E-state index contributed by atoms with van der Waals surface area (Å²) < 4.78 is 3.85. The Morgan fingerprint density at radius 1 is 1.16 bits per heavy atom. The van der Waals surface area contributed by atoms with Crippen molar-refractivity contribution in [3.8, 4) is 11.5 Å². The minimum atomic E-state index is -0.243. The second-order valence-corrected chi connectivity index (χ2v) is 8.84. The molecule has 9 heteroatoms. The van der Waals surface area contributed by atoms with Gasteiger partial charge in [-0.3, -0.25) is 9.20 Å². The van der Waals surface area contributed by atoms with Gasteiger partial charge in [-0.2, -0.15) is 0 Å². The van der Waals surface area contributed by atoms with Gasteiger partial charge in [0.05, 0.1) is 29.1 Å². The number of thiazole rings is 1. The zero-order chi connectivity index (χ0) is 22.1. The van der Waals surface area contributed by atoms with Crippen LogP contribution in [0.5, 0.6) is 0 Å². The van der Waals surface area contributed by atoms with Crippen LogP contribution in [0, 0.1) is 6.92 Å². The number of rotatable bonds is 6. The summed E-state index contributed by atoms with van der Waals surface area (Å²) >= 11 is 7.56. The van der Waals surface area contributed by atoms with Crippen molar-refractivity contribution >= 4 is 34.4 Å². The standard InChI is InChI=1S/C23H19ClN6OS/c1-15-27-18(13-32-15)11-29-12-19(26-14-29)22-28-21(20-4-2-3-9-30(20)22)23(31)25-10-16-5-7-17(24)8-6-16/h2-9,12-14H,10-11H2,1H3,(H,25,31). The largest absolute Gasteiger partial charge is 0.347 e. The van der Waals surface area contributed by atoms with Crippen molar-refractivity contribution in [2.45, 2.75) is 20.0 Å². The Morgan fingerprint density at radius 3 is 2.78 bits per heavy atom. The number of halogens is 1. The second kappa shape index (κ2) is 8.57. The Hall–Kier alpha value is -3.49. The number of aromatic nitrogens is 5. The molecule has 0 atom stereocenters.